The van der Waals surface area contributed by atoms with Gasteiger partial charge in [0, 0.05) is 0 Å². The quantitative estimate of drug-likeness (QED) is 0.886. The van der Waals surface area contributed by atoms with Gasteiger partial charge in [-0.05, 0) is 18.6 Å². The maximum Gasteiger partial charge on any atom is 0.347 e. The highest BCUT2D eigenvalue weighted by Gasteiger charge is 2.18. The van der Waals surface area contributed by atoms with Crippen LogP contribution in [0.1, 0.15) is 32.6 Å². The molecule has 0 aliphatic carbocycles. The number of carbonyl (C=O) groups is 2. The number of thiazole rings is 1. The molecule has 7 heteroatoms. The van der Waals surface area contributed by atoms with Crippen LogP contribution >= 0.6 is 11.3 Å². The standard InChI is InChI=1S/C14H14N2O4S/c1-3-9-11(13(18)19)21-14(15-9)16-12(17)8-6-4-5-7-10(8)20-2/h4-7H,3H2,1-2H3,(H,18,19)(H,15,16,17). The van der Waals surface area contributed by atoms with Gasteiger partial charge in [0.05, 0.1) is 18.4 Å². The molecule has 0 radical (unpaired) electrons. The highest BCUT2D eigenvalue weighted by Crippen LogP contribution is 2.25. The molecule has 0 spiro atoms. The molecule has 2 rings (SSSR count). The average Bonchev–Trinajstić information content (AvgIpc) is 2.90. The summed E-state index contributed by atoms with van der Waals surface area (Å²) in [7, 11) is 1.48. The number of rotatable bonds is 5. The number of carbonyl (C=O) groups excluding carboxylic acids is 1. The Morgan fingerprint density at radius 2 is 2.10 bits per heavy atom. The van der Waals surface area contributed by atoms with Crippen molar-refractivity contribution < 1.29 is 19.4 Å². The van der Waals surface area contributed by atoms with E-state index in [-0.39, 0.29) is 15.9 Å². The molecule has 21 heavy (non-hydrogen) atoms. The number of methoxy groups -OCH3 is 1. The van der Waals surface area contributed by atoms with E-state index < -0.39 is 5.97 Å². The van der Waals surface area contributed by atoms with Crippen molar-refractivity contribution in [1.82, 2.24) is 4.98 Å². The number of aromatic nitrogens is 1. The minimum absolute atomic E-state index is 0.146. The lowest BCUT2D eigenvalue weighted by Gasteiger charge is -2.06. The van der Waals surface area contributed by atoms with Gasteiger partial charge in [-0.2, -0.15) is 0 Å². The first-order chi connectivity index (χ1) is 10.1. The minimum Gasteiger partial charge on any atom is -0.496 e. The highest BCUT2D eigenvalue weighted by molar-refractivity contribution is 7.17. The Morgan fingerprint density at radius 1 is 1.38 bits per heavy atom. The summed E-state index contributed by atoms with van der Waals surface area (Å²) < 4.78 is 5.12. The maximum absolute atomic E-state index is 12.2. The predicted octanol–water partition coefficient (Wildman–Crippen LogP) is 2.66. The van der Waals surface area contributed by atoms with Crippen LogP contribution in [0.5, 0.6) is 5.75 Å². The van der Waals surface area contributed by atoms with Crippen molar-refractivity contribution >= 4 is 28.3 Å². The largest absolute Gasteiger partial charge is 0.496 e. The number of para-hydroxylation sites is 1. The second-order valence-electron chi connectivity index (χ2n) is 4.11. The van der Waals surface area contributed by atoms with Gasteiger partial charge in [0.15, 0.2) is 5.13 Å². The van der Waals surface area contributed by atoms with Gasteiger partial charge in [-0.15, -0.1) is 0 Å². The molecule has 0 atom stereocenters. The molecule has 2 N–H and O–H groups in total. The van der Waals surface area contributed by atoms with Crippen LogP contribution in [0.2, 0.25) is 0 Å². The van der Waals surface area contributed by atoms with Crippen LogP contribution < -0.4 is 10.1 Å². The number of aromatic carboxylic acids is 1. The number of anilines is 1. The smallest absolute Gasteiger partial charge is 0.347 e. The molecule has 0 aliphatic heterocycles. The number of ether oxygens (including phenoxy) is 1. The summed E-state index contributed by atoms with van der Waals surface area (Å²) in [5.41, 5.74) is 0.827. The van der Waals surface area contributed by atoms with Crippen molar-refractivity contribution in [3.8, 4) is 5.75 Å². The molecule has 0 saturated heterocycles. The van der Waals surface area contributed by atoms with Gasteiger partial charge in [0.1, 0.15) is 10.6 Å². The van der Waals surface area contributed by atoms with Gasteiger partial charge in [-0.25, -0.2) is 9.78 Å². The summed E-state index contributed by atoms with van der Waals surface area (Å²) >= 11 is 0.945. The van der Waals surface area contributed by atoms with Crippen LogP contribution in [0.25, 0.3) is 0 Å². The molecule has 0 saturated carbocycles. The second-order valence-corrected chi connectivity index (χ2v) is 5.11. The summed E-state index contributed by atoms with van der Waals surface area (Å²) in [5.74, 6) is -0.983. The number of hydrogen-bond acceptors (Lipinski definition) is 5. The lowest BCUT2D eigenvalue weighted by atomic mass is 10.2. The van der Waals surface area contributed by atoms with Crippen molar-refractivity contribution in [2.24, 2.45) is 0 Å². The van der Waals surface area contributed by atoms with Crippen LogP contribution in [0.15, 0.2) is 24.3 Å². The monoisotopic (exact) mass is 306 g/mol. The number of aryl methyl sites for hydroxylation is 1. The Kier molecular flexibility index (Phi) is 4.54. The van der Waals surface area contributed by atoms with Gasteiger partial charge in [0.2, 0.25) is 0 Å². The van der Waals surface area contributed by atoms with Crippen molar-refractivity contribution in [2.45, 2.75) is 13.3 Å². The van der Waals surface area contributed by atoms with Crippen molar-refractivity contribution in [2.75, 3.05) is 12.4 Å². The van der Waals surface area contributed by atoms with Gasteiger partial charge in [-0.3, -0.25) is 10.1 Å². The molecule has 6 nitrogen and oxygen atoms in total. The third kappa shape index (κ3) is 3.19. The summed E-state index contributed by atoms with van der Waals surface area (Å²) in [6.45, 7) is 1.81. The van der Waals surface area contributed by atoms with E-state index in [0.29, 0.717) is 23.4 Å². The van der Waals surface area contributed by atoms with Crippen molar-refractivity contribution in [3.05, 3.63) is 40.4 Å². The molecular weight excluding hydrogens is 292 g/mol. The fraction of sp³-hybridized carbons (Fsp3) is 0.214. The molecule has 1 aromatic carbocycles. The SMILES string of the molecule is CCc1nc(NC(=O)c2ccccc2OC)sc1C(=O)O. The number of nitrogens with one attached hydrogen (secondary N) is 1. The number of amides is 1. The fourth-order valence-electron chi connectivity index (χ4n) is 1.81. The highest BCUT2D eigenvalue weighted by atomic mass is 32.1. The summed E-state index contributed by atoms with van der Waals surface area (Å²) in [5, 5.41) is 12.0. The zero-order chi connectivity index (χ0) is 15.4. The van der Waals surface area contributed by atoms with Crippen LogP contribution in [0, 0.1) is 0 Å². The van der Waals surface area contributed by atoms with Gasteiger partial charge >= 0.3 is 5.97 Å². The van der Waals surface area contributed by atoms with Gasteiger partial charge in [-0.1, -0.05) is 30.4 Å². The summed E-state index contributed by atoms with van der Waals surface area (Å²) in [6, 6.07) is 6.79. The van der Waals surface area contributed by atoms with Crippen LogP contribution in [0.4, 0.5) is 5.13 Å². The molecule has 1 aromatic heterocycles. The van der Waals surface area contributed by atoms with Gasteiger partial charge < -0.3 is 9.84 Å². The van der Waals surface area contributed by atoms with Crippen LogP contribution in [0.3, 0.4) is 0 Å². The first kappa shape index (κ1) is 15.0. The Morgan fingerprint density at radius 3 is 2.67 bits per heavy atom. The number of carboxylic acids is 1. The Labute approximate surface area is 125 Å². The van der Waals surface area contributed by atoms with E-state index in [9.17, 15) is 9.59 Å². The Hall–Kier alpha value is -2.41. The molecule has 2 aromatic rings. The summed E-state index contributed by atoms with van der Waals surface area (Å²) in [6.07, 6.45) is 0.489. The van der Waals surface area contributed by atoms with E-state index in [1.54, 1.807) is 24.3 Å². The van der Waals surface area contributed by atoms with E-state index in [1.165, 1.54) is 7.11 Å². The molecule has 0 aliphatic rings. The number of benzene rings is 1. The number of carboxylic acid groups (broad SMARTS) is 1. The molecule has 0 bridgehead atoms. The topological polar surface area (TPSA) is 88.5 Å². The Balaban J connectivity index is 2.25. The summed E-state index contributed by atoms with van der Waals surface area (Å²) in [4.78, 5) is 27.6. The van der Waals surface area contributed by atoms with E-state index in [0.717, 1.165) is 11.3 Å². The van der Waals surface area contributed by atoms with Crippen LogP contribution in [-0.4, -0.2) is 29.1 Å². The lowest BCUT2D eigenvalue weighted by Crippen LogP contribution is -2.12. The molecule has 1 heterocycles. The number of hydrogen-bond donors (Lipinski definition) is 2. The number of nitrogens with zero attached hydrogens (tertiary/aromatic N) is 1. The average molecular weight is 306 g/mol. The third-order valence-corrected chi connectivity index (χ3v) is 3.80. The second kappa shape index (κ2) is 6.36. The first-order valence-corrected chi connectivity index (χ1v) is 7.05. The van der Waals surface area contributed by atoms with Crippen molar-refractivity contribution in [3.63, 3.8) is 0 Å². The maximum atomic E-state index is 12.2. The van der Waals surface area contributed by atoms with Crippen molar-refractivity contribution in [1.29, 1.82) is 0 Å². The fourth-order valence-corrected chi connectivity index (χ4v) is 2.70. The van der Waals surface area contributed by atoms with E-state index >= 15 is 0 Å². The van der Waals surface area contributed by atoms with Gasteiger partial charge in [0.25, 0.3) is 5.91 Å². The molecule has 0 unspecified atom stereocenters. The molecular formula is C14H14N2O4S. The minimum atomic E-state index is -1.04. The predicted molar refractivity (Wildman–Crippen MR) is 79.4 cm³/mol. The van der Waals surface area contributed by atoms with Crippen LogP contribution in [-0.2, 0) is 6.42 Å². The molecule has 1 amide bonds. The van der Waals surface area contributed by atoms with E-state index in [2.05, 4.69) is 10.3 Å². The van der Waals surface area contributed by atoms with E-state index in [1.807, 2.05) is 6.92 Å². The zero-order valence-corrected chi connectivity index (χ0v) is 12.4. The normalized spacial score (nSPS) is 10.2. The lowest BCUT2D eigenvalue weighted by molar-refractivity contribution is 0.0700. The zero-order valence-electron chi connectivity index (χ0n) is 11.5. The van der Waals surface area contributed by atoms with E-state index in [4.69, 9.17) is 9.84 Å². The third-order valence-electron chi connectivity index (χ3n) is 2.80. The molecule has 0 fully saturated rings. The Bertz CT molecular complexity index is 681. The molecule has 110 valence electrons. The first-order valence-electron chi connectivity index (χ1n) is 6.24.